The molecule has 1 aliphatic rings. The summed E-state index contributed by atoms with van der Waals surface area (Å²) in [7, 11) is 0. The van der Waals surface area contributed by atoms with E-state index in [0.29, 0.717) is 22.4 Å². The summed E-state index contributed by atoms with van der Waals surface area (Å²) >= 11 is 12.1. The first-order valence-electron chi connectivity index (χ1n) is 5.94. The summed E-state index contributed by atoms with van der Waals surface area (Å²) in [6.07, 6.45) is 7.64. The summed E-state index contributed by atoms with van der Waals surface area (Å²) in [6, 6.07) is 5.57. The molecule has 17 heavy (non-hydrogen) atoms. The smallest absolute Gasteiger partial charge is 0.0625 e. The molecular formula is C14H16Cl2O. The van der Waals surface area contributed by atoms with Gasteiger partial charge >= 0.3 is 0 Å². The van der Waals surface area contributed by atoms with Gasteiger partial charge in [0.1, 0.15) is 0 Å². The van der Waals surface area contributed by atoms with Crippen molar-refractivity contribution in [3.05, 3.63) is 46.0 Å². The van der Waals surface area contributed by atoms with Crippen LogP contribution in [-0.4, -0.2) is 11.2 Å². The number of aliphatic hydroxyl groups is 1. The second-order valence-electron chi connectivity index (χ2n) is 4.53. The van der Waals surface area contributed by atoms with Gasteiger partial charge in [0.2, 0.25) is 0 Å². The highest BCUT2D eigenvalue weighted by molar-refractivity contribution is 6.42. The van der Waals surface area contributed by atoms with Crippen LogP contribution < -0.4 is 0 Å². The normalized spacial score (nSPS) is 21.5. The summed E-state index contributed by atoms with van der Waals surface area (Å²) in [5.74, 6) is 0.343. The predicted octanol–water partition coefficient (Wildman–Crippen LogP) is 4.25. The maximum absolute atomic E-state index is 10.2. The van der Waals surface area contributed by atoms with Crippen molar-refractivity contribution >= 4 is 23.2 Å². The van der Waals surface area contributed by atoms with Gasteiger partial charge in [-0.15, -0.1) is 0 Å². The molecule has 0 saturated carbocycles. The molecule has 0 bridgehead atoms. The molecule has 0 aromatic heterocycles. The second-order valence-corrected chi connectivity index (χ2v) is 5.31. The average molecular weight is 271 g/mol. The van der Waals surface area contributed by atoms with E-state index >= 15 is 0 Å². The highest BCUT2D eigenvalue weighted by atomic mass is 35.5. The Balaban J connectivity index is 2.04. The molecule has 1 N–H and O–H groups in total. The standard InChI is InChI=1S/C14H16Cl2O/c15-12-8-4-7-11(14(12)16)9-13(17)10-5-2-1-3-6-10/h1-2,4,7-8,10,13,17H,3,5-6,9H2. The molecule has 1 aromatic carbocycles. The van der Waals surface area contributed by atoms with Gasteiger partial charge in [-0.1, -0.05) is 47.5 Å². The molecule has 0 radical (unpaired) electrons. The van der Waals surface area contributed by atoms with Crippen molar-refractivity contribution in [3.63, 3.8) is 0 Å². The Hall–Kier alpha value is -0.500. The van der Waals surface area contributed by atoms with Crippen LogP contribution in [0.4, 0.5) is 0 Å². The minimum atomic E-state index is -0.337. The van der Waals surface area contributed by atoms with Crippen LogP contribution in [0.5, 0.6) is 0 Å². The molecule has 0 spiro atoms. The monoisotopic (exact) mass is 270 g/mol. The van der Waals surface area contributed by atoms with E-state index in [9.17, 15) is 5.11 Å². The van der Waals surface area contributed by atoms with Crippen LogP contribution >= 0.6 is 23.2 Å². The first-order valence-corrected chi connectivity index (χ1v) is 6.70. The minimum Gasteiger partial charge on any atom is -0.392 e. The predicted molar refractivity (Wildman–Crippen MR) is 72.7 cm³/mol. The van der Waals surface area contributed by atoms with Crippen LogP contribution in [-0.2, 0) is 6.42 Å². The van der Waals surface area contributed by atoms with E-state index in [1.807, 2.05) is 12.1 Å². The fourth-order valence-electron chi connectivity index (χ4n) is 2.26. The molecule has 0 heterocycles. The number of benzene rings is 1. The van der Waals surface area contributed by atoms with Crippen LogP contribution in [0.25, 0.3) is 0 Å². The van der Waals surface area contributed by atoms with Gasteiger partial charge < -0.3 is 5.11 Å². The zero-order chi connectivity index (χ0) is 12.3. The average Bonchev–Trinajstić information content (AvgIpc) is 2.36. The van der Waals surface area contributed by atoms with Crippen molar-refractivity contribution < 1.29 is 5.11 Å². The van der Waals surface area contributed by atoms with Gasteiger partial charge in [0, 0.05) is 6.42 Å². The number of hydrogen-bond acceptors (Lipinski definition) is 1. The maximum Gasteiger partial charge on any atom is 0.0625 e. The summed E-state index contributed by atoms with van der Waals surface area (Å²) in [6.45, 7) is 0. The van der Waals surface area contributed by atoms with Crippen LogP contribution in [0, 0.1) is 5.92 Å². The van der Waals surface area contributed by atoms with E-state index in [-0.39, 0.29) is 6.10 Å². The molecule has 1 aromatic rings. The molecule has 0 aliphatic heterocycles. The lowest BCUT2D eigenvalue weighted by atomic mass is 9.86. The SMILES string of the molecule is OC(Cc1cccc(Cl)c1Cl)C1CC=CCC1. The van der Waals surface area contributed by atoms with Gasteiger partial charge in [-0.25, -0.2) is 0 Å². The zero-order valence-electron chi connectivity index (χ0n) is 9.57. The Kier molecular flexibility index (Phi) is 4.49. The quantitative estimate of drug-likeness (QED) is 0.815. The zero-order valence-corrected chi connectivity index (χ0v) is 11.1. The Bertz CT molecular complexity index is 415. The lowest BCUT2D eigenvalue weighted by Crippen LogP contribution is -2.23. The van der Waals surface area contributed by atoms with E-state index in [0.717, 1.165) is 24.8 Å². The van der Waals surface area contributed by atoms with Gasteiger partial charge in [-0.2, -0.15) is 0 Å². The largest absolute Gasteiger partial charge is 0.392 e. The van der Waals surface area contributed by atoms with E-state index in [1.165, 1.54) is 0 Å². The molecule has 92 valence electrons. The Morgan fingerprint density at radius 3 is 2.82 bits per heavy atom. The van der Waals surface area contributed by atoms with E-state index in [2.05, 4.69) is 12.2 Å². The molecule has 2 unspecified atom stereocenters. The van der Waals surface area contributed by atoms with E-state index < -0.39 is 0 Å². The van der Waals surface area contributed by atoms with Crippen molar-refractivity contribution in [3.8, 4) is 0 Å². The molecule has 3 heteroatoms. The topological polar surface area (TPSA) is 20.2 Å². The van der Waals surface area contributed by atoms with Crippen LogP contribution in [0.15, 0.2) is 30.4 Å². The van der Waals surface area contributed by atoms with Crippen molar-refractivity contribution in [1.82, 2.24) is 0 Å². The number of hydrogen-bond donors (Lipinski definition) is 1. The van der Waals surface area contributed by atoms with Crippen LogP contribution in [0.1, 0.15) is 24.8 Å². The lowest BCUT2D eigenvalue weighted by Gasteiger charge is -2.24. The fraction of sp³-hybridized carbons (Fsp3) is 0.429. The van der Waals surface area contributed by atoms with E-state index in [4.69, 9.17) is 23.2 Å². The third-order valence-corrected chi connectivity index (χ3v) is 4.17. The molecular weight excluding hydrogens is 255 g/mol. The second kappa shape index (κ2) is 5.90. The van der Waals surface area contributed by atoms with Gasteiger partial charge in [0.15, 0.2) is 0 Å². The summed E-state index contributed by atoms with van der Waals surface area (Å²) in [5.41, 5.74) is 0.932. The summed E-state index contributed by atoms with van der Waals surface area (Å²) < 4.78 is 0. The van der Waals surface area contributed by atoms with Crippen molar-refractivity contribution in [1.29, 1.82) is 0 Å². The summed E-state index contributed by atoms with van der Waals surface area (Å²) in [4.78, 5) is 0. The van der Waals surface area contributed by atoms with Crippen molar-refractivity contribution in [2.24, 2.45) is 5.92 Å². The molecule has 2 rings (SSSR count). The molecule has 1 aliphatic carbocycles. The third-order valence-electron chi connectivity index (χ3n) is 3.31. The Labute approximate surface area is 112 Å². The van der Waals surface area contributed by atoms with Gasteiger partial charge in [-0.3, -0.25) is 0 Å². The minimum absolute atomic E-state index is 0.337. The van der Waals surface area contributed by atoms with Crippen LogP contribution in [0.2, 0.25) is 10.0 Å². The highest BCUT2D eigenvalue weighted by Gasteiger charge is 2.20. The Morgan fingerprint density at radius 2 is 2.12 bits per heavy atom. The lowest BCUT2D eigenvalue weighted by molar-refractivity contribution is 0.102. The molecule has 0 saturated heterocycles. The molecule has 0 fully saturated rings. The van der Waals surface area contributed by atoms with Crippen molar-refractivity contribution in [2.75, 3.05) is 0 Å². The number of halogens is 2. The first-order chi connectivity index (χ1) is 8.18. The Morgan fingerprint density at radius 1 is 1.29 bits per heavy atom. The first kappa shape index (κ1) is 12.9. The van der Waals surface area contributed by atoms with E-state index in [1.54, 1.807) is 6.07 Å². The van der Waals surface area contributed by atoms with Gasteiger partial charge in [-0.05, 0) is 36.8 Å². The fourth-order valence-corrected chi connectivity index (χ4v) is 2.66. The maximum atomic E-state index is 10.2. The third kappa shape index (κ3) is 3.25. The highest BCUT2D eigenvalue weighted by Crippen LogP contribution is 2.29. The molecule has 2 atom stereocenters. The molecule has 1 nitrogen and oxygen atoms in total. The number of rotatable bonds is 3. The number of allylic oxidation sites excluding steroid dienone is 2. The van der Waals surface area contributed by atoms with Gasteiger partial charge in [0.25, 0.3) is 0 Å². The van der Waals surface area contributed by atoms with Crippen LogP contribution in [0.3, 0.4) is 0 Å². The summed E-state index contributed by atoms with van der Waals surface area (Å²) in [5, 5.41) is 11.3. The van der Waals surface area contributed by atoms with Crippen molar-refractivity contribution in [2.45, 2.75) is 31.8 Å². The molecule has 0 amide bonds. The number of aliphatic hydroxyl groups excluding tert-OH is 1. The van der Waals surface area contributed by atoms with Gasteiger partial charge in [0.05, 0.1) is 16.1 Å².